The molecule has 28 heavy (non-hydrogen) atoms. The van der Waals surface area contributed by atoms with E-state index in [4.69, 9.17) is 4.74 Å². The Morgan fingerprint density at radius 1 is 1.29 bits per heavy atom. The highest BCUT2D eigenvalue weighted by Crippen LogP contribution is 2.28. The Morgan fingerprint density at radius 3 is 2.79 bits per heavy atom. The predicted octanol–water partition coefficient (Wildman–Crippen LogP) is 3.25. The van der Waals surface area contributed by atoms with Crippen molar-refractivity contribution in [3.8, 4) is 5.75 Å². The number of carbonyl (C=O) groups excluding carboxylic acids is 1. The lowest BCUT2D eigenvalue weighted by molar-refractivity contribution is -0.124. The lowest BCUT2D eigenvalue weighted by Crippen LogP contribution is -2.45. The smallest absolute Gasteiger partial charge is 0.253 e. The first kappa shape index (κ1) is 20.8. The Morgan fingerprint density at radius 2 is 2.07 bits per heavy atom. The van der Waals surface area contributed by atoms with E-state index in [9.17, 15) is 13.2 Å². The maximum Gasteiger partial charge on any atom is 0.253 e. The fourth-order valence-electron chi connectivity index (χ4n) is 3.16. The predicted molar refractivity (Wildman–Crippen MR) is 110 cm³/mol. The number of sulfonamides is 1. The van der Waals surface area contributed by atoms with Gasteiger partial charge in [-0.15, -0.1) is 11.3 Å². The van der Waals surface area contributed by atoms with E-state index in [1.807, 2.05) is 24.3 Å². The van der Waals surface area contributed by atoms with Gasteiger partial charge in [0.25, 0.3) is 10.0 Å². The second-order valence-corrected chi connectivity index (χ2v) is 10.3. The third kappa shape index (κ3) is 4.74. The monoisotopic (exact) mass is 422 g/mol. The third-order valence-electron chi connectivity index (χ3n) is 4.56. The molecule has 1 aliphatic heterocycles. The van der Waals surface area contributed by atoms with Crippen LogP contribution < -0.4 is 10.1 Å². The second kappa shape index (κ2) is 9.07. The largest absolute Gasteiger partial charge is 0.493 e. The number of para-hydroxylation sites is 1. The number of hydrogen-bond acceptors (Lipinski definition) is 5. The highest BCUT2D eigenvalue weighted by Gasteiger charge is 2.39. The number of hydrogen-bond donors (Lipinski definition) is 1. The van der Waals surface area contributed by atoms with Gasteiger partial charge in [0, 0.05) is 18.7 Å². The summed E-state index contributed by atoms with van der Waals surface area (Å²) < 4.78 is 33.1. The molecule has 2 heterocycles. The summed E-state index contributed by atoms with van der Waals surface area (Å²) in [5, 5.41) is 4.62. The summed E-state index contributed by atoms with van der Waals surface area (Å²) in [7, 11) is -3.63. The first-order valence-electron chi connectivity index (χ1n) is 9.43. The average molecular weight is 423 g/mol. The molecule has 152 valence electrons. The number of nitrogens with one attached hydrogen (secondary N) is 1. The molecular formula is C20H26N2O4S2. The van der Waals surface area contributed by atoms with E-state index < -0.39 is 16.1 Å². The fraction of sp³-hybridized carbons (Fsp3) is 0.450. The van der Waals surface area contributed by atoms with Crippen LogP contribution in [0.3, 0.4) is 0 Å². The standard InChI is InChI=1S/C20H26N2O4S2/c1-15(2)14-26-18-9-4-3-7-16(18)13-21-20(23)17-8-5-11-22(17)28(24,25)19-10-6-12-27-19/h3-4,6-7,9-10,12,15,17H,5,8,11,13-14H2,1-2H3,(H,21,23)/t17-/m1/s1. The Labute approximate surface area is 170 Å². The molecule has 1 N–H and O–H groups in total. The van der Waals surface area contributed by atoms with Crippen LogP contribution in [0.2, 0.25) is 0 Å². The van der Waals surface area contributed by atoms with Crippen LogP contribution in [0.4, 0.5) is 0 Å². The van der Waals surface area contributed by atoms with Gasteiger partial charge in [-0.3, -0.25) is 4.79 Å². The first-order valence-corrected chi connectivity index (χ1v) is 11.8. The molecule has 0 saturated carbocycles. The lowest BCUT2D eigenvalue weighted by Gasteiger charge is -2.23. The van der Waals surface area contributed by atoms with Crippen LogP contribution in [0.15, 0.2) is 46.0 Å². The van der Waals surface area contributed by atoms with Crippen molar-refractivity contribution in [3.05, 3.63) is 47.3 Å². The van der Waals surface area contributed by atoms with Gasteiger partial charge in [0.05, 0.1) is 6.61 Å². The molecule has 0 aliphatic carbocycles. The number of amides is 1. The van der Waals surface area contributed by atoms with E-state index in [0.717, 1.165) is 11.3 Å². The summed E-state index contributed by atoms with van der Waals surface area (Å²) in [6, 6.07) is 10.2. The van der Waals surface area contributed by atoms with Crippen molar-refractivity contribution in [2.75, 3.05) is 13.2 Å². The minimum Gasteiger partial charge on any atom is -0.493 e. The Hall–Kier alpha value is -1.90. The van der Waals surface area contributed by atoms with Gasteiger partial charge in [-0.2, -0.15) is 4.31 Å². The molecule has 0 spiro atoms. The Balaban J connectivity index is 1.67. The number of ether oxygens (including phenoxy) is 1. The Kier molecular flexibility index (Phi) is 6.74. The first-order chi connectivity index (χ1) is 13.4. The Bertz CT molecular complexity index is 895. The van der Waals surface area contributed by atoms with E-state index in [-0.39, 0.29) is 10.1 Å². The number of benzene rings is 1. The summed E-state index contributed by atoms with van der Waals surface area (Å²) in [6.45, 7) is 5.42. The van der Waals surface area contributed by atoms with Gasteiger partial charge < -0.3 is 10.1 Å². The molecule has 0 bridgehead atoms. The third-order valence-corrected chi connectivity index (χ3v) is 7.84. The van der Waals surface area contributed by atoms with Crippen molar-refractivity contribution in [1.82, 2.24) is 9.62 Å². The molecule has 6 nitrogen and oxygen atoms in total. The number of rotatable bonds is 8. The van der Waals surface area contributed by atoms with E-state index in [0.29, 0.717) is 38.5 Å². The summed E-state index contributed by atoms with van der Waals surface area (Å²) in [6.07, 6.45) is 1.21. The molecule has 1 amide bonds. The molecule has 8 heteroatoms. The molecule has 1 aromatic carbocycles. The molecular weight excluding hydrogens is 396 g/mol. The molecule has 0 radical (unpaired) electrons. The molecule has 3 rings (SSSR count). The molecule has 1 atom stereocenters. The van der Waals surface area contributed by atoms with Gasteiger partial charge in [0.15, 0.2) is 0 Å². The van der Waals surface area contributed by atoms with Gasteiger partial charge >= 0.3 is 0 Å². The summed E-state index contributed by atoms with van der Waals surface area (Å²) in [4.78, 5) is 12.8. The van der Waals surface area contributed by atoms with Crippen LogP contribution in [-0.4, -0.2) is 37.8 Å². The van der Waals surface area contributed by atoms with E-state index >= 15 is 0 Å². The van der Waals surface area contributed by atoms with Crippen LogP contribution >= 0.6 is 11.3 Å². The quantitative estimate of drug-likeness (QED) is 0.709. The zero-order chi connectivity index (χ0) is 20.1. The van der Waals surface area contributed by atoms with Crippen LogP contribution in [0.1, 0.15) is 32.3 Å². The molecule has 1 fully saturated rings. The fourth-order valence-corrected chi connectivity index (χ4v) is 5.94. The maximum absolute atomic E-state index is 12.8. The molecule has 1 aromatic heterocycles. The number of thiophene rings is 1. The molecule has 2 aromatic rings. The van der Waals surface area contributed by atoms with Crippen molar-refractivity contribution in [2.24, 2.45) is 5.92 Å². The van der Waals surface area contributed by atoms with Gasteiger partial charge in [0.1, 0.15) is 16.0 Å². The molecule has 0 unspecified atom stereocenters. The molecule has 1 aliphatic rings. The normalized spacial score (nSPS) is 17.8. The highest BCUT2D eigenvalue weighted by atomic mass is 32.2. The summed E-state index contributed by atoms with van der Waals surface area (Å²) >= 11 is 1.17. The van der Waals surface area contributed by atoms with Crippen molar-refractivity contribution >= 4 is 27.3 Å². The van der Waals surface area contributed by atoms with Gasteiger partial charge in [-0.05, 0) is 36.3 Å². The second-order valence-electron chi connectivity index (χ2n) is 7.24. The summed E-state index contributed by atoms with van der Waals surface area (Å²) in [5.74, 6) is 0.874. The van der Waals surface area contributed by atoms with E-state index in [1.165, 1.54) is 15.6 Å². The van der Waals surface area contributed by atoms with Crippen molar-refractivity contribution in [3.63, 3.8) is 0 Å². The lowest BCUT2D eigenvalue weighted by atomic mass is 10.1. The zero-order valence-electron chi connectivity index (χ0n) is 16.1. The maximum atomic E-state index is 12.8. The van der Waals surface area contributed by atoms with Gasteiger partial charge in [-0.25, -0.2) is 8.42 Å². The van der Waals surface area contributed by atoms with Crippen LogP contribution in [0.25, 0.3) is 0 Å². The van der Waals surface area contributed by atoms with Crippen LogP contribution in [0.5, 0.6) is 5.75 Å². The minimum atomic E-state index is -3.63. The van der Waals surface area contributed by atoms with Crippen molar-refractivity contribution in [1.29, 1.82) is 0 Å². The zero-order valence-corrected chi connectivity index (χ0v) is 17.8. The topological polar surface area (TPSA) is 75.7 Å². The molecule has 1 saturated heterocycles. The van der Waals surface area contributed by atoms with E-state index in [1.54, 1.807) is 17.5 Å². The van der Waals surface area contributed by atoms with Crippen molar-refractivity contribution < 1.29 is 17.9 Å². The van der Waals surface area contributed by atoms with E-state index in [2.05, 4.69) is 19.2 Å². The van der Waals surface area contributed by atoms with Gasteiger partial charge in [-0.1, -0.05) is 38.1 Å². The minimum absolute atomic E-state index is 0.267. The number of nitrogens with zero attached hydrogens (tertiary/aromatic N) is 1. The SMILES string of the molecule is CC(C)COc1ccccc1CNC(=O)[C@H]1CCCN1S(=O)(=O)c1cccs1. The van der Waals surface area contributed by atoms with Crippen LogP contribution in [0, 0.1) is 5.92 Å². The summed E-state index contributed by atoms with van der Waals surface area (Å²) in [5.41, 5.74) is 0.877. The highest BCUT2D eigenvalue weighted by molar-refractivity contribution is 7.91. The van der Waals surface area contributed by atoms with Crippen molar-refractivity contribution in [2.45, 2.75) is 43.5 Å². The number of carbonyl (C=O) groups is 1. The van der Waals surface area contributed by atoms with Gasteiger partial charge in [0.2, 0.25) is 5.91 Å². The van der Waals surface area contributed by atoms with Crippen LogP contribution in [-0.2, 0) is 21.4 Å². The average Bonchev–Trinajstić information content (AvgIpc) is 3.37.